The van der Waals surface area contributed by atoms with Gasteiger partial charge in [0.2, 0.25) is 0 Å². The minimum atomic E-state index is -0.944. The zero-order valence-electron chi connectivity index (χ0n) is 21.5. The highest BCUT2D eigenvalue weighted by molar-refractivity contribution is 6.04. The van der Waals surface area contributed by atoms with Gasteiger partial charge >= 0.3 is 5.97 Å². The summed E-state index contributed by atoms with van der Waals surface area (Å²) in [7, 11) is 0. The Morgan fingerprint density at radius 2 is 1.90 bits per heavy atom. The molecule has 1 aromatic heterocycles. The Morgan fingerprint density at radius 1 is 1.10 bits per heavy atom. The first kappa shape index (κ1) is 25.2. The highest BCUT2D eigenvalue weighted by Crippen LogP contribution is 2.45. The van der Waals surface area contributed by atoms with Crippen molar-refractivity contribution in [1.82, 2.24) is 5.32 Å². The lowest BCUT2D eigenvalue weighted by atomic mass is 9.72. The number of fused-ring (bicyclic) bond motifs is 1. The van der Waals surface area contributed by atoms with Gasteiger partial charge in [-0.3, -0.25) is 9.59 Å². The van der Waals surface area contributed by atoms with E-state index in [4.69, 9.17) is 13.9 Å². The van der Waals surface area contributed by atoms with Crippen LogP contribution in [0.4, 0.5) is 4.39 Å². The molecule has 8 heteroatoms. The van der Waals surface area contributed by atoms with E-state index < -0.39 is 11.9 Å². The Balaban J connectivity index is 1.43. The summed E-state index contributed by atoms with van der Waals surface area (Å²) in [6.07, 6.45) is 3.53. The van der Waals surface area contributed by atoms with Crippen LogP contribution in [-0.4, -0.2) is 31.1 Å². The van der Waals surface area contributed by atoms with E-state index >= 15 is 0 Å². The number of esters is 1. The van der Waals surface area contributed by atoms with E-state index in [1.54, 1.807) is 43.3 Å². The molecule has 0 saturated carbocycles. The number of ketones is 1. The summed E-state index contributed by atoms with van der Waals surface area (Å²) in [5, 5.41) is 3.64. The number of hydrogen-bond donors (Lipinski definition) is 1. The first-order chi connectivity index (χ1) is 18.9. The zero-order chi connectivity index (χ0) is 27.1. The Hall–Kier alpha value is -4.04. The number of para-hydroxylation sites is 1. The molecule has 3 aliphatic rings. The van der Waals surface area contributed by atoms with Crippen molar-refractivity contribution in [2.45, 2.75) is 50.5 Å². The van der Waals surface area contributed by atoms with Crippen molar-refractivity contribution < 1.29 is 27.9 Å². The van der Waals surface area contributed by atoms with Gasteiger partial charge in [-0.25, -0.2) is 9.18 Å². The van der Waals surface area contributed by atoms with Crippen molar-refractivity contribution in [3.63, 3.8) is 0 Å². The third-order valence-corrected chi connectivity index (χ3v) is 7.83. The normalized spacial score (nSPS) is 23.1. The van der Waals surface area contributed by atoms with Gasteiger partial charge in [0.15, 0.2) is 11.2 Å². The summed E-state index contributed by atoms with van der Waals surface area (Å²) in [4.78, 5) is 41.0. The van der Waals surface area contributed by atoms with Crippen LogP contribution in [0.1, 0.15) is 55.6 Å². The quantitative estimate of drug-likeness (QED) is 0.464. The molecule has 3 heterocycles. The second kappa shape index (κ2) is 10.3. The number of dihydropyridines is 1. The molecular weight excluding hydrogens is 501 g/mol. The lowest BCUT2D eigenvalue weighted by molar-refractivity contribution is -0.142. The Bertz CT molecular complexity index is 1580. The van der Waals surface area contributed by atoms with Gasteiger partial charge in [0.05, 0.1) is 29.2 Å². The number of nitrogens with one attached hydrogen (secondary N) is 1. The molecule has 0 unspecified atom stereocenters. The van der Waals surface area contributed by atoms with Gasteiger partial charge in [0.25, 0.3) is 0 Å². The van der Waals surface area contributed by atoms with Crippen LogP contribution < -0.4 is 10.7 Å². The number of carbonyl (C=O) groups is 2. The number of Topliss-reactive ketones (excluding diaryl/α,β-unsaturated/α-hetero) is 1. The minimum Gasteiger partial charge on any atom is -0.464 e. The third-order valence-electron chi connectivity index (χ3n) is 7.83. The van der Waals surface area contributed by atoms with E-state index in [2.05, 4.69) is 5.32 Å². The molecule has 3 aromatic rings. The van der Waals surface area contributed by atoms with Crippen LogP contribution >= 0.6 is 0 Å². The molecule has 200 valence electrons. The Kier molecular flexibility index (Phi) is 6.64. The topological polar surface area (TPSA) is 94.8 Å². The van der Waals surface area contributed by atoms with Crippen LogP contribution in [0.5, 0.6) is 0 Å². The van der Waals surface area contributed by atoms with E-state index in [-0.39, 0.29) is 53.2 Å². The minimum absolute atomic E-state index is 0.0984. The molecule has 1 N–H and O–H groups in total. The Labute approximate surface area is 224 Å². The van der Waals surface area contributed by atoms with Gasteiger partial charge < -0.3 is 19.2 Å². The van der Waals surface area contributed by atoms with Gasteiger partial charge in [-0.05, 0) is 61.9 Å². The summed E-state index contributed by atoms with van der Waals surface area (Å²) in [5.41, 5.74) is 2.91. The average Bonchev–Trinajstić information content (AvgIpc) is 3.46. The average molecular weight is 530 g/mol. The fraction of sp³-hybridized carbons (Fsp3) is 0.323. The lowest BCUT2D eigenvalue weighted by Crippen LogP contribution is -2.38. The van der Waals surface area contributed by atoms with Crippen molar-refractivity contribution in [3.05, 3.63) is 105 Å². The van der Waals surface area contributed by atoms with Crippen molar-refractivity contribution in [2.75, 3.05) is 13.2 Å². The van der Waals surface area contributed by atoms with Crippen molar-refractivity contribution in [3.8, 4) is 0 Å². The van der Waals surface area contributed by atoms with Crippen molar-refractivity contribution in [1.29, 1.82) is 0 Å². The van der Waals surface area contributed by atoms with Crippen LogP contribution in [0.2, 0.25) is 0 Å². The first-order valence-electron chi connectivity index (χ1n) is 13.2. The van der Waals surface area contributed by atoms with E-state index in [0.29, 0.717) is 41.0 Å². The SMILES string of the molecule is CC1=C(C(=O)OC[C@@H]2CCCO2)[C@@H](c2coc3ccccc3c2=O)C2=C(C[C@@H](c3ccc(F)cc3)CC2=O)N1. The van der Waals surface area contributed by atoms with E-state index in [9.17, 15) is 18.8 Å². The number of carbonyl (C=O) groups excluding carboxylic acids is 2. The fourth-order valence-corrected chi connectivity index (χ4v) is 5.91. The maximum absolute atomic E-state index is 13.8. The number of halogens is 1. The number of hydrogen-bond acceptors (Lipinski definition) is 7. The lowest BCUT2D eigenvalue weighted by Gasteiger charge is -2.36. The molecule has 0 spiro atoms. The second-order valence-corrected chi connectivity index (χ2v) is 10.3. The summed E-state index contributed by atoms with van der Waals surface area (Å²) in [6, 6.07) is 13.0. The van der Waals surface area contributed by atoms with Gasteiger partial charge in [0, 0.05) is 35.6 Å². The van der Waals surface area contributed by atoms with Gasteiger partial charge in [0.1, 0.15) is 18.0 Å². The van der Waals surface area contributed by atoms with Gasteiger partial charge in [-0.1, -0.05) is 24.3 Å². The highest BCUT2D eigenvalue weighted by Gasteiger charge is 2.43. The molecule has 2 aliphatic heterocycles. The zero-order valence-corrected chi connectivity index (χ0v) is 21.5. The smallest absolute Gasteiger partial charge is 0.336 e. The number of benzene rings is 2. The van der Waals surface area contributed by atoms with Crippen molar-refractivity contribution >= 4 is 22.7 Å². The summed E-state index contributed by atoms with van der Waals surface area (Å²) < 4.78 is 30.6. The Morgan fingerprint density at radius 3 is 2.67 bits per heavy atom. The van der Waals surface area contributed by atoms with Crippen LogP contribution in [0.25, 0.3) is 11.0 Å². The molecule has 0 amide bonds. The molecular formula is C31H28FNO6. The monoisotopic (exact) mass is 529 g/mol. The predicted octanol–water partition coefficient (Wildman–Crippen LogP) is 5.02. The summed E-state index contributed by atoms with van der Waals surface area (Å²) in [6.45, 7) is 2.47. The van der Waals surface area contributed by atoms with Crippen molar-refractivity contribution in [2.24, 2.45) is 0 Å². The number of allylic oxidation sites excluding steroid dienone is 3. The second-order valence-electron chi connectivity index (χ2n) is 10.3. The third kappa shape index (κ3) is 4.69. The highest BCUT2D eigenvalue weighted by atomic mass is 19.1. The van der Waals surface area contributed by atoms with Crippen LogP contribution in [0, 0.1) is 5.82 Å². The molecule has 1 aliphatic carbocycles. The summed E-state index contributed by atoms with van der Waals surface area (Å²) in [5.74, 6) is -2.25. The van der Waals surface area contributed by atoms with E-state index in [1.807, 2.05) is 0 Å². The molecule has 3 atom stereocenters. The maximum atomic E-state index is 13.8. The molecule has 1 saturated heterocycles. The van der Waals surface area contributed by atoms with Gasteiger partial charge in [-0.15, -0.1) is 0 Å². The molecule has 0 bridgehead atoms. The number of ether oxygens (including phenoxy) is 2. The predicted molar refractivity (Wildman–Crippen MR) is 141 cm³/mol. The summed E-state index contributed by atoms with van der Waals surface area (Å²) >= 11 is 0. The molecule has 7 nitrogen and oxygen atoms in total. The van der Waals surface area contributed by atoms with Gasteiger partial charge in [-0.2, -0.15) is 0 Å². The fourth-order valence-electron chi connectivity index (χ4n) is 5.91. The van der Waals surface area contributed by atoms with Crippen LogP contribution in [0.15, 0.2) is 86.5 Å². The molecule has 0 radical (unpaired) electrons. The molecule has 6 rings (SSSR count). The van der Waals surface area contributed by atoms with E-state index in [1.165, 1.54) is 18.4 Å². The largest absolute Gasteiger partial charge is 0.464 e. The van der Waals surface area contributed by atoms with E-state index in [0.717, 1.165) is 18.4 Å². The number of rotatable bonds is 5. The van der Waals surface area contributed by atoms with Crippen LogP contribution in [-0.2, 0) is 19.1 Å². The van der Waals surface area contributed by atoms with Crippen LogP contribution in [0.3, 0.4) is 0 Å². The molecule has 1 fully saturated rings. The molecule has 39 heavy (non-hydrogen) atoms. The standard InChI is InChI=1S/C31H28FNO6/c1-17-27(31(36)39-15-21-5-4-12-37-21)28(23-16-38-26-7-3-2-6-22(26)30(23)35)29-24(33-17)13-19(14-25(29)34)18-8-10-20(32)11-9-18/h2-3,6-11,16,19,21,28,33H,4-5,12-15H2,1H3/t19-,21+,28-/m1/s1. The molecule has 2 aromatic carbocycles. The first-order valence-corrected chi connectivity index (χ1v) is 13.2. The maximum Gasteiger partial charge on any atom is 0.336 e.